The summed E-state index contributed by atoms with van der Waals surface area (Å²) in [6.45, 7) is 8.58. The molecule has 18 heavy (non-hydrogen) atoms. The van der Waals surface area contributed by atoms with Gasteiger partial charge < -0.3 is 0 Å². The van der Waals surface area contributed by atoms with Crippen LogP contribution in [-0.2, 0) is 29.0 Å². The fourth-order valence-corrected chi connectivity index (χ4v) is 3.13. The summed E-state index contributed by atoms with van der Waals surface area (Å²) in [7, 11) is 0. The van der Waals surface area contributed by atoms with Crippen molar-refractivity contribution in [3.8, 4) is 0 Å². The number of allylic oxidation sites excluding steroid dienone is 4. The fourth-order valence-electron chi connectivity index (χ4n) is 1.00. The molecule has 0 fully saturated rings. The zero-order valence-corrected chi connectivity index (χ0v) is 13.4. The van der Waals surface area contributed by atoms with Crippen LogP contribution >= 0.6 is 0 Å². The summed E-state index contributed by atoms with van der Waals surface area (Å²) in [5.41, 5.74) is 0. The summed E-state index contributed by atoms with van der Waals surface area (Å²) in [5.74, 6) is 0. The van der Waals surface area contributed by atoms with E-state index in [1.165, 1.54) is 0 Å². The van der Waals surface area contributed by atoms with Crippen molar-refractivity contribution in [2.45, 2.75) is 40.0 Å². The molecule has 3 nitrogen and oxygen atoms in total. The Morgan fingerprint density at radius 1 is 0.667 bits per heavy atom. The van der Waals surface area contributed by atoms with Crippen LogP contribution in [0, 0.1) is 6.42 Å². The Morgan fingerprint density at radius 2 is 1.06 bits per heavy atom. The zero-order valence-electron chi connectivity index (χ0n) is 11.9. The molecular weight excluding hydrogens is 264 g/mol. The van der Waals surface area contributed by atoms with Gasteiger partial charge in [0.2, 0.25) is 0 Å². The first-order valence-corrected chi connectivity index (χ1v) is 8.68. The Kier molecular flexibility index (Phi) is 15.2. The molecule has 0 atom stereocenters. The maximum absolute atomic E-state index is 5.52. The molecule has 0 N–H and O–H groups in total. The van der Waals surface area contributed by atoms with E-state index in [2.05, 4.69) is 20.8 Å². The Bertz CT molecular complexity index is 188. The van der Waals surface area contributed by atoms with Crippen molar-refractivity contribution in [3.05, 3.63) is 30.7 Å². The number of hydrogen-bond acceptors (Lipinski definition) is 3. The van der Waals surface area contributed by atoms with Gasteiger partial charge in [0, 0.05) is 6.42 Å². The molecule has 104 valence electrons. The number of rotatable bonds is 9. The van der Waals surface area contributed by atoms with Crippen molar-refractivity contribution in [3.63, 3.8) is 0 Å². The zero-order chi connectivity index (χ0) is 13.5. The maximum Gasteiger partial charge on any atom is 0.00506 e. The van der Waals surface area contributed by atoms with Gasteiger partial charge in [-0.25, -0.2) is 0 Å². The molecular formula is C14H26O3Ti. The fraction of sp³-hybridized carbons (Fsp3) is 0.643. The summed E-state index contributed by atoms with van der Waals surface area (Å²) < 4.78 is 16.6. The van der Waals surface area contributed by atoms with Crippen LogP contribution in [0.4, 0.5) is 0 Å². The quantitative estimate of drug-likeness (QED) is 0.602. The van der Waals surface area contributed by atoms with Gasteiger partial charge in [0.15, 0.2) is 0 Å². The Hall–Kier alpha value is 0.0743. The molecule has 0 saturated carbocycles. The molecule has 0 spiro atoms. The molecule has 4 heteroatoms. The molecule has 0 amide bonds. The molecule has 0 bridgehead atoms. The van der Waals surface area contributed by atoms with Crippen LogP contribution in [-0.4, -0.2) is 19.8 Å². The second-order valence-electron chi connectivity index (χ2n) is 3.76. The molecule has 0 aromatic carbocycles. The minimum Gasteiger partial charge on any atom is -0.0767 e. The molecule has 1 rings (SSSR count). The van der Waals surface area contributed by atoms with Gasteiger partial charge in [-0.2, -0.15) is 0 Å². The number of hydrogen-bond donors (Lipinski definition) is 0. The van der Waals surface area contributed by atoms with Crippen molar-refractivity contribution >= 4 is 0 Å². The second kappa shape index (κ2) is 15.1. The Balaban J connectivity index is 0.000000473. The largest absolute Gasteiger partial charge is 0.0767 e. The maximum atomic E-state index is 5.52. The van der Waals surface area contributed by atoms with E-state index >= 15 is 0 Å². The van der Waals surface area contributed by atoms with Gasteiger partial charge in [-0.3, -0.25) is 0 Å². The van der Waals surface area contributed by atoms with Crippen molar-refractivity contribution in [2.24, 2.45) is 0 Å². The molecule has 0 aromatic heterocycles. The van der Waals surface area contributed by atoms with Crippen LogP contribution in [0.15, 0.2) is 24.3 Å². The predicted molar refractivity (Wildman–Crippen MR) is 71.3 cm³/mol. The van der Waals surface area contributed by atoms with Gasteiger partial charge in [-0.15, -0.1) is 0 Å². The summed E-state index contributed by atoms with van der Waals surface area (Å²) >= 11 is -2.05. The van der Waals surface area contributed by atoms with E-state index in [9.17, 15) is 0 Å². The van der Waals surface area contributed by atoms with E-state index in [1.54, 1.807) is 0 Å². The molecule has 0 heterocycles. The molecule has 0 aliphatic heterocycles. The first-order valence-electron chi connectivity index (χ1n) is 6.77. The van der Waals surface area contributed by atoms with Gasteiger partial charge in [0.05, 0.1) is 0 Å². The molecule has 1 radical (unpaired) electrons. The molecule has 1 aliphatic carbocycles. The van der Waals surface area contributed by atoms with Crippen molar-refractivity contribution in [2.75, 3.05) is 19.8 Å². The average Bonchev–Trinajstić information content (AvgIpc) is 2.97. The third kappa shape index (κ3) is 12.5. The van der Waals surface area contributed by atoms with Crippen molar-refractivity contribution in [1.29, 1.82) is 0 Å². The first kappa shape index (κ1) is 18.1. The van der Waals surface area contributed by atoms with Gasteiger partial charge in [-0.05, 0) is 0 Å². The van der Waals surface area contributed by atoms with Crippen LogP contribution in [0.2, 0.25) is 0 Å². The topological polar surface area (TPSA) is 27.7 Å². The SMILES string of the molecule is CCC[O][Ti]([O]CCC)[O]CCC.[CH]1C=CC=C1. The van der Waals surface area contributed by atoms with Gasteiger partial charge in [0.25, 0.3) is 0 Å². The van der Waals surface area contributed by atoms with Gasteiger partial charge in [-0.1, -0.05) is 24.3 Å². The summed E-state index contributed by atoms with van der Waals surface area (Å²) in [6.07, 6.45) is 13.1. The van der Waals surface area contributed by atoms with Crippen LogP contribution in [0.1, 0.15) is 40.0 Å². The van der Waals surface area contributed by atoms with E-state index in [0.717, 1.165) is 39.1 Å². The van der Waals surface area contributed by atoms with Crippen molar-refractivity contribution in [1.82, 2.24) is 0 Å². The standard InChI is InChI=1S/C5H5.3C3H7O.Ti/c1-2-4-5-3-1;3*1-2-3-4;/h1-5H;3*2-3H2,1H3;/q;3*-1;+3. The van der Waals surface area contributed by atoms with E-state index in [-0.39, 0.29) is 0 Å². The van der Waals surface area contributed by atoms with Gasteiger partial charge >= 0.3 is 88.8 Å². The molecule has 0 saturated heterocycles. The van der Waals surface area contributed by atoms with E-state index in [1.807, 2.05) is 30.7 Å². The monoisotopic (exact) mass is 290 g/mol. The van der Waals surface area contributed by atoms with E-state index in [0.29, 0.717) is 0 Å². The minimum atomic E-state index is -2.05. The summed E-state index contributed by atoms with van der Waals surface area (Å²) in [4.78, 5) is 0. The van der Waals surface area contributed by atoms with Crippen LogP contribution in [0.25, 0.3) is 0 Å². The summed E-state index contributed by atoms with van der Waals surface area (Å²) in [5, 5.41) is 0. The second-order valence-corrected chi connectivity index (χ2v) is 5.89. The van der Waals surface area contributed by atoms with Crippen LogP contribution < -0.4 is 0 Å². The molecule has 1 aliphatic rings. The smallest absolute Gasteiger partial charge is 0.00506 e. The Labute approximate surface area is 119 Å². The van der Waals surface area contributed by atoms with E-state index in [4.69, 9.17) is 9.96 Å². The predicted octanol–water partition coefficient (Wildman–Crippen LogP) is 3.95. The van der Waals surface area contributed by atoms with E-state index < -0.39 is 19.0 Å². The molecule has 0 aromatic rings. The Morgan fingerprint density at radius 3 is 1.28 bits per heavy atom. The van der Waals surface area contributed by atoms with Crippen LogP contribution in [0.5, 0.6) is 0 Å². The summed E-state index contributed by atoms with van der Waals surface area (Å²) in [6, 6.07) is 0. The van der Waals surface area contributed by atoms with Crippen molar-refractivity contribution < 1.29 is 29.0 Å². The normalized spacial score (nSPS) is 12.4. The first-order chi connectivity index (χ1) is 8.85. The third-order valence-electron chi connectivity index (χ3n) is 1.83. The van der Waals surface area contributed by atoms with Gasteiger partial charge in [0.1, 0.15) is 0 Å². The van der Waals surface area contributed by atoms with Crippen LogP contribution in [0.3, 0.4) is 0 Å². The average molecular weight is 290 g/mol. The third-order valence-corrected chi connectivity index (χ3v) is 3.89. The molecule has 0 unspecified atom stereocenters. The minimum absolute atomic E-state index is 0.767.